The Labute approximate surface area is 110 Å². The van der Waals surface area contributed by atoms with Crippen LogP contribution in [0.1, 0.15) is 54.9 Å². The fourth-order valence-electron chi connectivity index (χ4n) is 1.52. The fourth-order valence-corrected chi connectivity index (χ4v) is 1.52. The third kappa shape index (κ3) is 7.37. The van der Waals surface area contributed by atoms with Gasteiger partial charge in [0, 0.05) is 20.5 Å². The number of nitrogens with zero attached hydrogens (tertiary/aromatic N) is 2. The summed E-state index contributed by atoms with van der Waals surface area (Å²) in [7, 11) is 1.62. The van der Waals surface area contributed by atoms with Gasteiger partial charge in [-0.15, -0.1) is 5.11 Å². The highest BCUT2D eigenvalue weighted by Gasteiger charge is 2.36. The summed E-state index contributed by atoms with van der Waals surface area (Å²) in [4.78, 5) is 11.2. The minimum Gasteiger partial charge on any atom is -0.436 e. The zero-order valence-corrected chi connectivity index (χ0v) is 12.8. The predicted molar refractivity (Wildman–Crippen MR) is 70.5 cm³/mol. The van der Waals surface area contributed by atoms with E-state index in [1.807, 2.05) is 34.6 Å². The second-order valence-corrected chi connectivity index (χ2v) is 6.28. The molecule has 0 rings (SSSR count). The topological polar surface area (TPSA) is 60.3 Å². The molecule has 0 fully saturated rings. The van der Waals surface area contributed by atoms with E-state index < -0.39 is 11.3 Å². The molecule has 0 saturated heterocycles. The van der Waals surface area contributed by atoms with E-state index in [-0.39, 0.29) is 11.5 Å². The first kappa shape index (κ1) is 17.0. The summed E-state index contributed by atoms with van der Waals surface area (Å²) in [5.74, 6) is -0.378. The van der Waals surface area contributed by atoms with Gasteiger partial charge < -0.3 is 9.47 Å². The normalized spacial score (nSPS) is 16.7. The summed E-state index contributed by atoms with van der Waals surface area (Å²) in [6, 6.07) is 0. The molecule has 1 atom stereocenters. The Morgan fingerprint density at radius 2 is 1.56 bits per heavy atom. The molecule has 0 aromatic carbocycles. The number of methoxy groups -OCH3 is 1. The summed E-state index contributed by atoms with van der Waals surface area (Å²) in [5.41, 5.74) is -1.75. The standard InChI is InChI=1S/C13H26N2O3/c1-10(16)18-13(7,9-12(5,6)17-8)15-14-11(2,3)4/h9H2,1-8H3/b15-14+. The second-order valence-electron chi connectivity index (χ2n) is 6.28. The molecule has 0 aromatic heterocycles. The number of ether oxygens (including phenoxy) is 2. The number of carbonyl (C=O) groups is 1. The molecule has 0 aromatic rings. The molecule has 0 aliphatic heterocycles. The van der Waals surface area contributed by atoms with Crippen LogP contribution < -0.4 is 0 Å². The molecule has 0 bridgehead atoms. The van der Waals surface area contributed by atoms with Gasteiger partial charge in [-0.3, -0.25) is 4.79 Å². The average Bonchev–Trinajstić information content (AvgIpc) is 2.12. The van der Waals surface area contributed by atoms with E-state index in [1.54, 1.807) is 14.0 Å². The molecular formula is C13H26N2O3. The average molecular weight is 258 g/mol. The molecular weight excluding hydrogens is 232 g/mol. The number of azo groups is 1. The van der Waals surface area contributed by atoms with Crippen LogP contribution >= 0.6 is 0 Å². The van der Waals surface area contributed by atoms with Crippen molar-refractivity contribution < 1.29 is 14.3 Å². The number of esters is 1. The first-order valence-corrected chi connectivity index (χ1v) is 6.08. The van der Waals surface area contributed by atoms with Gasteiger partial charge in [0.2, 0.25) is 5.72 Å². The Bertz CT molecular complexity index is 319. The zero-order chi connectivity index (χ0) is 14.6. The fraction of sp³-hybridized carbons (Fsp3) is 0.923. The molecule has 0 amide bonds. The highest BCUT2D eigenvalue weighted by molar-refractivity contribution is 5.66. The van der Waals surface area contributed by atoms with Crippen molar-refractivity contribution in [2.75, 3.05) is 7.11 Å². The molecule has 0 heterocycles. The number of rotatable bonds is 5. The number of carbonyl (C=O) groups excluding carboxylic acids is 1. The summed E-state index contributed by atoms with van der Waals surface area (Å²) < 4.78 is 10.6. The molecule has 106 valence electrons. The maximum Gasteiger partial charge on any atom is 0.304 e. The molecule has 0 N–H and O–H groups in total. The van der Waals surface area contributed by atoms with Crippen molar-refractivity contribution in [2.45, 2.75) is 71.8 Å². The van der Waals surface area contributed by atoms with Crippen LogP contribution in [0, 0.1) is 0 Å². The first-order valence-electron chi connectivity index (χ1n) is 6.08. The van der Waals surface area contributed by atoms with Crippen molar-refractivity contribution in [3.05, 3.63) is 0 Å². The monoisotopic (exact) mass is 258 g/mol. The predicted octanol–water partition coefficient (Wildman–Crippen LogP) is 3.33. The lowest BCUT2D eigenvalue weighted by Gasteiger charge is -2.32. The third-order valence-corrected chi connectivity index (χ3v) is 2.23. The van der Waals surface area contributed by atoms with Crippen LogP contribution in [0.4, 0.5) is 0 Å². The van der Waals surface area contributed by atoms with Gasteiger partial charge in [-0.1, -0.05) is 0 Å². The highest BCUT2D eigenvalue weighted by Crippen LogP contribution is 2.29. The van der Waals surface area contributed by atoms with Gasteiger partial charge in [-0.25, -0.2) is 0 Å². The van der Waals surface area contributed by atoms with Crippen molar-refractivity contribution >= 4 is 5.97 Å². The van der Waals surface area contributed by atoms with Crippen LogP contribution in [0.2, 0.25) is 0 Å². The largest absolute Gasteiger partial charge is 0.436 e. The Morgan fingerprint density at radius 1 is 1.06 bits per heavy atom. The second kappa shape index (κ2) is 5.78. The molecule has 18 heavy (non-hydrogen) atoms. The van der Waals surface area contributed by atoms with E-state index in [0.29, 0.717) is 6.42 Å². The number of hydrogen-bond donors (Lipinski definition) is 0. The van der Waals surface area contributed by atoms with Gasteiger partial charge in [0.05, 0.1) is 11.1 Å². The Hall–Kier alpha value is -0.970. The molecule has 0 aliphatic carbocycles. The third-order valence-electron chi connectivity index (χ3n) is 2.23. The van der Waals surface area contributed by atoms with Crippen molar-refractivity contribution in [1.82, 2.24) is 0 Å². The Morgan fingerprint density at radius 3 is 1.89 bits per heavy atom. The Balaban J connectivity index is 5.07. The highest BCUT2D eigenvalue weighted by atomic mass is 16.6. The lowest BCUT2D eigenvalue weighted by atomic mass is 9.97. The smallest absolute Gasteiger partial charge is 0.304 e. The zero-order valence-electron chi connectivity index (χ0n) is 12.8. The van der Waals surface area contributed by atoms with Gasteiger partial charge in [-0.2, -0.15) is 5.11 Å². The molecule has 0 radical (unpaired) electrons. The number of hydrogen-bond acceptors (Lipinski definition) is 5. The minimum atomic E-state index is -1.00. The van der Waals surface area contributed by atoms with Gasteiger partial charge >= 0.3 is 5.97 Å². The summed E-state index contributed by atoms with van der Waals surface area (Å²) in [6.45, 7) is 12.8. The summed E-state index contributed by atoms with van der Waals surface area (Å²) in [6.07, 6.45) is 0.440. The Kier molecular flexibility index (Phi) is 5.47. The maximum absolute atomic E-state index is 11.2. The molecule has 0 spiro atoms. The van der Waals surface area contributed by atoms with Crippen LogP contribution in [0.15, 0.2) is 10.2 Å². The molecule has 5 heteroatoms. The quantitative estimate of drug-likeness (QED) is 0.561. The molecule has 1 unspecified atom stereocenters. The van der Waals surface area contributed by atoms with Gasteiger partial charge in [0.25, 0.3) is 0 Å². The van der Waals surface area contributed by atoms with E-state index in [1.165, 1.54) is 6.92 Å². The molecule has 5 nitrogen and oxygen atoms in total. The summed E-state index contributed by atoms with van der Waals surface area (Å²) in [5, 5.41) is 8.39. The van der Waals surface area contributed by atoms with Crippen LogP contribution in [-0.4, -0.2) is 29.9 Å². The lowest BCUT2D eigenvalue weighted by molar-refractivity contribution is -0.161. The molecule has 0 aliphatic rings. The van der Waals surface area contributed by atoms with Gasteiger partial charge in [0.15, 0.2) is 0 Å². The van der Waals surface area contributed by atoms with Crippen LogP contribution in [0.25, 0.3) is 0 Å². The van der Waals surface area contributed by atoms with Crippen LogP contribution in [-0.2, 0) is 14.3 Å². The maximum atomic E-state index is 11.2. The lowest BCUT2D eigenvalue weighted by Crippen LogP contribution is -2.39. The SMILES string of the molecule is COC(C)(C)CC(C)(/N=N/C(C)(C)C)OC(C)=O. The van der Waals surface area contributed by atoms with Crippen molar-refractivity contribution in [1.29, 1.82) is 0 Å². The van der Waals surface area contributed by atoms with Gasteiger partial charge in [0.1, 0.15) is 0 Å². The molecule has 0 saturated carbocycles. The van der Waals surface area contributed by atoms with E-state index in [2.05, 4.69) is 10.2 Å². The van der Waals surface area contributed by atoms with Crippen molar-refractivity contribution in [2.24, 2.45) is 10.2 Å². The van der Waals surface area contributed by atoms with E-state index >= 15 is 0 Å². The van der Waals surface area contributed by atoms with Crippen LogP contribution in [0.5, 0.6) is 0 Å². The first-order chi connectivity index (χ1) is 7.89. The van der Waals surface area contributed by atoms with Crippen LogP contribution in [0.3, 0.4) is 0 Å². The van der Waals surface area contributed by atoms with Crippen molar-refractivity contribution in [3.63, 3.8) is 0 Å². The van der Waals surface area contributed by atoms with E-state index in [0.717, 1.165) is 0 Å². The van der Waals surface area contributed by atoms with Crippen molar-refractivity contribution in [3.8, 4) is 0 Å². The summed E-state index contributed by atoms with van der Waals surface area (Å²) >= 11 is 0. The van der Waals surface area contributed by atoms with E-state index in [9.17, 15) is 4.79 Å². The minimum absolute atomic E-state index is 0.307. The van der Waals surface area contributed by atoms with E-state index in [4.69, 9.17) is 9.47 Å². The van der Waals surface area contributed by atoms with Gasteiger partial charge in [-0.05, 0) is 41.5 Å².